The van der Waals surface area contributed by atoms with Crippen LogP contribution in [0.1, 0.15) is 31.2 Å². The van der Waals surface area contributed by atoms with E-state index in [-0.39, 0.29) is 0 Å². The summed E-state index contributed by atoms with van der Waals surface area (Å²) in [6.45, 7) is 4.48. The molecule has 0 atom stereocenters. The Morgan fingerprint density at radius 3 is 3.00 bits per heavy atom. The minimum Gasteiger partial charge on any atom is -0.340 e. The maximum absolute atomic E-state index is 4.60. The lowest BCUT2D eigenvalue weighted by molar-refractivity contribution is 0.434. The quantitative estimate of drug-likeness (QED) is 0.925. The van der Waals surface area contributed by atoms with Crippen LogP contribution in [0.5, 0.6) is 0 Å². The van der Waals surface area contributed by atoms with E-state index < -0.39 is 0 Å². The number of rotatable bonds is 3. The number of hydrogen-bond acceptors (Lipinski definition) is 4. The average Bonchev–Trinajstić information content (AvgIpc) is 3.02. The van der Waals surface area contributed by atoms with Crippen molar-refractivity contribution in [3.63, 3.8) is 0 Å². The first-order valence-corrected chi connectivity index (χ1v) is 7.43. The lowest BCUT2D eigenvalue weighted by Gasteiger charge is -2.29. The Hall–Kier alpha value is -1.36. The Labute approximate surface area is 111 Å². The summed E-state index contributed by atoms with van der Waals surface area (Å²) in [6, 6.07) is 2.13. The van der Waals surface area contributed by atoms with E-state index in [4.69, 9.17) is 0 Å². The molecule has 2 aromatic heterocycles. The molecule has 0 bridgehead atoms. The second-order valence-electron chi connectivity index (χ2n) is 5.06. The van der Waals surface area contributed by atoms with Crippen LogP contribution in [-0.4, -0.2) is 28.3 Å². The van der Waals surface area contributed by atoms with Crippen LogP contribution < -0.4 is 4.90 Å². The maximum atomic E-state index is 4.60. The van der Waals surface area contributed by atoms with Gasteiger partial charge in [-0.05, 0) is 41.1 Å². The van der Waals surface area contributed by atoms with E-state index in [0.29, 0.717) is 0 Å². The van der Waals surface area contributed by atoms with E-state index in [1.165, 1.54) is 18.4 Å². The minimum atomic E-state index is 0.838. The SMILES string of the molecule is CC1CCN(c2n[nH]c(Cc3ccsc3)n2)CC1. The molecule has 96 valence electrons. The first kappa shape index (κ1) is 11.7. The largest absolute Gasteiger partial charge is 0.340 e. The predicted molar refractivity (Wildman–Crippen MR) is 74.1 cm³/mol. The molecule has 0 aliphatic carbocycles. The molecule has 2 aromatic rings. The Balaban J connectivity index is 1.66. The maximum Gasteiger partial charge on any atom is 0.244 e. The summed E-state index contributed by atoms with van der Waals surface area (Å²) < 4.78 is 0. The number of aromatic nitrogens is 3. The zero-order chi connectivity index (χ0) is 12.4. The molecule has 0 aromatic carbocycles. The van der Waals surface area contributed by atoms with Gasteiger partial charge in [-0.25, -0.2) is 0 Å². The van der Waals surface area contributed by atoms with Gasteiger partial charge in [-0.15, -0.1) is 5.10 Å². The van der Waals surface area contributed by atoms with Crippen molar-refractivity contribution < 1.29 is 0 Å². The van der Waals surface area contributed by atoms with Crippen LogP contribution in [0.4, 0.5) is 5.95 Å². The minimum absolute atomic E-state index is 0.838. The number of thiophene rings is 1. The van der Waals surface area contributed by atoms with Gasteiger partial charge in [0.1, 0.15) is 5.82 Å². The van der Waals surface area contributed by atoms with Gasteiger partial charge < -0.3 is 4.90 Å². The van der Waals surface area contributed by atoms with E-state index in [9.17, 15) is 0 Å². The van der Waals surface area contributed by atoms with Crippen molar-refractivity contribution in [1.29, 1.82) is 0 Å². The average molecular weight is 262 g/mol. The molecule has 3 rings (SSSR count). The summed E-state index contributed by atoms with van der Waals surface area (Å²) >= 11 is 1.72. The van der Waals surface area contributed by atoms with Gasteiger partial charge in [0.25, 0.3) is 0 Å². The highest BCUT2D eigenvalue weighted by molar-refractivity contribution is 7.07. The highest BCUT2D eigenvalue weighted by Gasteiger charge is 2.19. The number of aromatic amines is 1. The van der Waals surface area contributed by atoms with Crippen molar-refractivity contribution in [3.8, 4) is 0 Å². The predicted octanol–water partition coefficient (Wildman–Crippen LogP) is 2.69. The van der Waals surface area contributed by atoms with Gasteiger partial charge in [0.2, 0.25) is 5.95 Å². The standard InChI is InChI=1S/C13H18N4S/c1-10-2-5-17(6-3-10)13-14-12(15-16-13)8-11-4-7-18-9-11/h4,7,9-10H,2-3,5-6,8H2,1H3,(H,14,15,16). The van der Waals surface area contributed by atoms with E-state index in [2.05, 4.69) is 43.8 Å². The fourth-order valence-electron chi connectivity index (χ4n) is 2.30. The molecule has 1 N–H and O–H groups in total. The van der Waals surface area contributed by atoms with E-state index in [1.807, 2.05) is 0 Å². The Morgan fingerprint density at radius 1 is 1.44 bits per heavy atom. The van der Waals surface area contributed by atoms with Gasteiger partial charge >= 0.3 is 0 Å². The fourth-order valence-corrected chi connectivity index (χ4v) is 2.97. The fraction of sp³-hybridized carbons (Fsp3) is 0.538. The highest BCUT2D eigenvalue weighted by Crippen LogP contribution is 2.20. The molecule has 4 nitrogen and oxygen atoms in total. The summed E-state index contributed by atoms with van der Waals surface area (Å²) in [4.78, 5) is 6.88. The molecule has 1 fully saturated rings. The van der Waals surface area contributed by atoms with Gasteiger partial charge in [0.05, 0.1) is 0 Å². The molecule has 0 spiro atoms. The lowest BCUT2D eigenvalue weighted by Crippen LogP contribution is -2.33. The van der Waals surface area contributed by atoms with Crippen molar-refractivity contribution in [1.82, 2.24) is 15.2 Å². The Kier molecular flexibility index (Phi) is 3.32. The smallest absolute Gasteiger partial charge is 0.244 e. The van der Waals surface area contributed by atoms with Crippen molar-refractivity contribution >= 4 is 17.3 Å². The normalized spacial score (nSPS) is 17.3. The van der Waals surface area contributed by atoms with Crippen LogP contribution in [0.2, 0.25) is 0 Å². The van der Waals surface area contributed by atoms with Gasteiger partial charge in [-0.2, -0.15) is 16.3 Å². The topological polar surface area (TPSA) is 44.8 Å². The molecule has 1 aliphatic heterocycles. The third-order valence-electron chi connectivity index (χ3n) is 3.54. The number of hydrogen-bond donors (Lipinski definition) is 1. The van der Waals surface area contributed by atoms with Crippen LogP contribution in [0.3, 0.4) is 0 Å². The Morgan fingerprint density at radius 2 is 2.28 bits per heavy atom. The van der Waals surface area contributed by atoms with Crippen molar-refractivity contribution in [2.24, 2.45) is 5.92 Å². The molecular weight excluding hydrogens is 244 g/mol. The van der Waals surface area contributed by atoms with Crippen LogP contribution in [0, 0.1) is 5.92 Å². The highest BCUT2D eigenvalue weighted by atomic mass is 32.1. The van der Waals surface area contributed by atoms with Crippen molar-refractivity contribution in [2.75, 3.05) is 18.0 Å². The number of nitrogens with zero attached hydrogens (tertiary/aromatic N) is 3. The third-order valence-corrected chi connectivity index (χ3v) is 4.27. The summed E-state index contributed by atoms with van der Waals surface area (Å²) in [5.41, 5.74) is 1.30. The first-order chi connectivity index (χ1) is 8.81. The molecule has 18 heavy (non-hydrogen) atoms. The van der Waals surface area contributed by atoms with Gasteiger partial charge in [0.15, 0.2) is 0 Å². The van der Waals surface area contributed by atoms with E-state index in [1.54, 1.807) is 11.3 Å². The van der Waals surface area contributed by atoms with Gasteiger partial charge in [-0.3, -0.25) is 5.10 Å². The number of piperidine rings is 1. The summed E-state index contributed by atoms with van der Waals surface area (Å²) in [5.74, 6) is 2.67. The number of anilines is 1. The van der Waals surface area contributed by atoms with Crippen LogP contribution >= 0.6 is 11.3 Å². The van der Waals surface area contributed by atoms with Gasteiger partial charge in [-0.1, -0.05) is 6.92 Å². The monoisotopic (exact) mass is 262 g/mol. The van der Waals surface area contributed by atoms with E-state index in [0.717, 1.165) is 37.2 Å². The van der Waals surface area contributed by atoms with Crippen LogP contribution in [0.25, 0.3) is 0 Å². The molecule has 0 amide bonds. The van der Waals surface area contributed by atoms with Gasteiger partial charge in [0, 0.05) is 19.5 Å². The Bertz CT molecular complexity index is 483. The third kappa shape index (κ3) is 2.56. The van der Waals surface area contributed by atoms with Crippen LogP contribution in [0.15, 0.2) is 16.8 Å². The summed E-state index contributed by atoms with van der Waals surface area (Å²) in [5, 5.41) is 11.6. The zero-order valence-corrected chi connectivity index (χ0v) is 11.4. The summed E-state index contributed by atoms with van der Waals surface area (Å²) in [6.07, 6.45) is 3.34. The van der Waals surface area contributed by atoms with E-state index >= 15 is 0 Å². The van der Waals surface area contributed by atoms with Crippen LogP contribution in [-0.2, 0) is 6.42 Å². The number of H-pyrrole nitrogens is 1. The molecule has 1 saturated heterocycles. The summed E-state index contributed by atoms with van der Waals surface area (Å²) in [7, 11) is 0. The molecule has 5 heteroatoms. The lowest BCUT2D eigenvalue weighted by atomic mass is 10.00. The molecule has 3 heterocycles. The van der Waals surface area contributed by atoms with Crippen molar-refractivity contribution in [2.45, 2.75) is 26.2 Å². The molecule has 1 aliphatic rings. The second kappa shape index (κ2) is 5.10. The zero-order valence-electron chi connectivity index (χ0n) is 10.6. The molecule has 0 saturated carbocycles. The molecule has 0 unspecified atom stereocenters. The second-order valence-corrected chi connectivity index (χ2v) is 5.84. The molecule has 0 radical (unpaired) electrons. The number of nitrogens with one attached hydrogen (secondary N) is 1. The molecular formula is C13H18N4S. The van der Waals surface area contributed by atoms with Crippen molar-refractivity contribution in [3.05, 3.63) is 28.2 Å². The first-order valence-electron chi connectivity index (χ1n) is 6.48.